The van der Waals surface area contributed by atoms with Crippen LogP contribution in [-0.2, 0) is 25.5 Å². The van der Waals surface area contributed by atoms with E-state index in [-0.39, 0.29) is 25.5 Å². The molecular formula is C44H33IrN3-2. The van der Waals surface area contributed by atoms with Crippen LogP contribution >= 0.6 is 0 Å². The molecule has 0 spiro atoms. The van der Waals surface area contributed by atoms with Gasteiger partial charge in [-0.25, -0.2) is 0 Å². The Hall–Kier alpha value is -5.15. The predicted octanol–water partition coefficient (Wildman–Crippen LogP) is 10.8. The second-order valence-corrected chi connectivity index (χ2v) is 12.6. The molecule has 0 bridgehead atoms. The second kappa shape index (κ2) is 12.8. The molecule has 0 unspecified atom stereocenters. The average Bonchev–Trinajstić information content (AvgIpc) is 3.57. The maximum atomic E-state index is 4.54. The zero-order valence-corrected chi connectivity index (χ0v) is 29.4. The summed E-state index contributed by atoms with van der Waals surface area (Å²) >= 11 is 0. The topological polar surface area (TPSA) is 30.7 Å². The summed E-state index contributed by atoms with van der Waals surface area (Å²) in [6.07, 6.45) is 3.64. The van der Waals surface area contributed by atoms with E-state index in [4.69, 9.17) is 0 Å². The number of rotatable bonds is 3. The molecule has 0 saturated carbocycles. The molecule has 235 valence electrons. The minimum atomic E-state index is -0.0367. The normalized spacial score (nSPS) is 12.5. The van der Waals surface area contributed by atoms with Crippen LogP contribution in [0.2, 0.25) is 0 Å². The van der Waals surface area contributed by atoms with E-state index in [1.165, 1.54) is 49.6 Å². The molecular weight excluding hydrogens is 763 g/mol. The first-order valence-corrected chi connectivity index (χ1v) is 16.0. The molecule has 0 aliphatic heterocycles. The maximum Gasteiger partial charge on any atom is 0.0527 e. The fraction of sp³-hybridized carbons (Fsp3) is 0.0909. The molecule has 0 N–H and O–H groups in total. The Bertz CT molecular complexity index is 2390. The molecule has 5 aromatic carbocycles. The van der Waals surface area contributed by atoms with Crippen LogP contribution in [0, 0.1) is 19.1 Å². The summed E-state index contributed by atoms with van der Waals surface area (Å²) < 4.78 is 2.39. The molecule has 48 heavy (non-hydrogen) atoms. The van der Waals surface area contributed by atoms with Crippen LogP contribution in [0.1, 0.15) is 30.5 Å². The van der Waals surface area contributed by atoms with Gasteiger partial charge >= 0.3 is 0 Å². The number of pyridine rings is 2. The first-order chi connectivity index (χ1) is 23.0. The van der Waals surface area contributed by atoms with Gasteiger partial charge in [-0.05, 0) is 76.6 Å². The van der Waals surface area contributed by atoms with E-state index in [1.807, 2.05) is 67.0 Å². The van der Waals surface area contributed by atoms with Gasteiger partial charge in [0.1, 0.15) is 0 Å². The van der Waals surface area contributed by atoms with Crippen molar-refractivity contribution in [3.8, 4) is 39.3 Å². The maximum absolute atomic E-state index is 4.54. The van der Waals surface area contributed by atoms with Crippen molar-refractivity contribution in [1.82, 2.24) is 14.5 Å². The number of benzene rings is 5. The summed E-state index contributed by atoms with van der Waals surface area (Å²) in [4.78, 5) is 8.86. The number of para-hydroxylation sites is 1. The molecule has 1 aliphatic carbocycles. The van der Waals surface area contributed by atoms with Gasteiger partial charge in [0, 0.05) is 48.7 Å². The molecule has 1 radical (unpaired) electrons. The molecule has 3 nitrogen and oxygen atoms in total. The van der Waals surface area contributed by atoms with E-state index in [0.29, 0.717) is 0 Å². The molecule has 0 atom stereocenters. The fourth-order valence-electron chi connectivity index (χ4n) is 7.01. The van der Waals surface area contributed by atoms with Crippen molar-refractivity contribution in [2.24, 2.45) is 0 Å². The molecule has 4 heteroatoms. The minimum absolute atomic E-state index is 0. The van der Waals surface area contributed by atoms with Crippen molar-refractivity contribution in [3.05, 3.63) is 175 Å². The number of aromatic nitrogens is 3. The quantitative estimate of drug-likeness (QED) is 0.167. The average molecular weight is 796 g/mol. The van der Waals surface area contributed by atoms with Crippen LogP contribution in [0.25, 0.3) is 61.1 Å². The third kappa shape index (κ3) is 5.38. The van der Waals surface area contributed by atoms with E-state index in [0.717, 1.165) is 28.2 Å². The zero-order valence-electron chi connectivity index (χ0n) is 27.0. The molecule has 0 fully saturated rings. The predicted molar refractivity (Wildman–Crippen MR) is 194 cm³/mol. The largest absolute Gasteiger partial charge is 0.327 e. The van der Waals surface area contributed by atoms with Gasteiger partial charge in [0.25, 0.3) is 0 Å². The van der Waals surface area contributed by atoms with Gasteiger partial charge in [0.15, 0.2) is 0 Å². The monoisotopic (exact) mass is 796 g/mol. The van der Waals surface area contributed by atoms with Crippen LogP contribution in [-0.4, -0.2) is 14.5 Å². The molecule has 0 amide bonds. The van der Waals surface area contributed by atoms with Crippen LogP contribution in [0.4, 0.5) is 0 Å². The summed E-state index contributed by atoms with van der Waals surface area (Å²) in [6.45, 7) is 6.74. The van der Waals surface area contributed by atoms with Crippen molar-refractivity contribution >= 4 is 21.8 Å². The number of hydrogen-bond acceptors (Lipinski definition) is 2. The zero-order chi connectivity index (χ0) is 32.0. The Morgan fingerprint density at radius 1 is 0.583 bits per heavy atom. The Morgan fingerprint density at radius 2 is 1.35 bits per heavy atom. The first kappa shape index (κ1) is 31.4. The van der Waals surface area contributed by atoms with Crippen LogP contribution in [0.3, 0.4) is 0 Å². The van der Waals surface area contributed by atoms with Gasteiger partial charge in [-0.15, -0.1) is 65.7 Å². The van der Waals surface area contributed by atoms with Crippen molar-refractivity contribution < 1.29 is 20.1 Å². The number of fused-ring (bicyclic) bond motifs is 6. The van der Waals surface area contributed by atoms with Gasteiger partial charge in [-0.1, -0.05) is 80.1 Å². The molecule has 0 saturated heterocycles. The second-order valence-electron chi connectivity index (χ2n) is 12.6. The van der Waals surface area contributed by atoms with Gasteiger partial charge in [-0.2, -0.15) is 0 Å². The van der Waals surface area contributed by atoms with Crippen molar-refractivity contribution in [2.45, 2.75) is 26.2 Å². The summed E-state index contributed by atoms with van der Waals surface area (Å²) in [7, 11) is 0. The van der Waals surface area contributed by atoms with Gasteiger partial charge in [0.05, 0.1) is 11.0 Å². The summed E-state index contributed by atoms with van der Waals surface area (Å²) in [5.74, 6) is 0. The Labute approximate surface area is 295 Å². The van der Waals surface area contributed by atoms with Gasteiger partial charge in [0.2, 0.25) is 0 Å². The van der Waals surface area contributed by atoms with E-state index in [1.54, 1.807) is 0 Å². The fourth-order valence-corrected chi connectivity index (χ4v) is 7.01. The van der Waals surface area contributed by atoms with Crippen molar-refractivity contribution in [3.63, 3.8) is 0 Å². The standard InChI is InChI=1S/C32H23N2.C12H10N.Ir/c1-32(2)27-14-5-3-12-23(27)25-19-26-24-13-4-6-16-30(24)34(31(26)20-28(25)32)22-11-9-10-21(18-22)29-15-7-8-17-33-29;1-10-6-5-9-13-12(10)11-7-3-2-4-8-11;/h3-9,11-20H,1-2H3;2-7,9H,1H3;/q2*-1;. The number of nitrogens with zero attached hydrogens (tertiary/aromatic N) is 3. The SMILES string of the molecule is CC1(C)c2ccccc2-c2cc3c4ccccc4n(-c4cc[c-]c(-c5ccccn5)c4)c3cc21.Cc1cccnc1-c1[c-]cccc1.[Ir]. The molecule has 9 rings (SSSR count). The smallest absolute Gasteiger partial charge is 0.0527 e. The Balaban J connectivity index is 0.000000220. The van der Waals surface area contributed by atoms with Crippen LogP contribution in [0.5, 0.6) is 0 Å². The molecule has 3 aromatic heterocycles. The minimum Gasteiger partial charge on any atom is -0.327 e. The van der Waals surface area contributed by atoms with Gasteiger partial charge in [-0.3, -0.25) is 0 Å². The van der Waals surface area contributed by atoms with Crippen molar-refractivity contribution in [2.75, 3.05) is 0 Å². The molecule has 3 heterocycles. The van der Waals surface area contributed by atoms with Crippen molar-refractivity contribution in [1.29, 1.82) is 0 Å². The Kier molecular flexibility index (Phi) is 8.39. The van der Waals surface area contributed by atoms with E-state index < -0.39 is 0 Å². The number of aryl methyl sites for hydroxylation is 1. The summed E-state index contributed by atoms with van der Waals surface area (Å²) in [5.41, 5.74) is 14.2. The van der Waals surface area contributed by atoms with E-state index in [2.05, 4.69) is 126 Å². The van der Waals surface area contributed by atoms with Crippen LogP contribution in [0.15, 0.2) is 146 Å². The van der Waals surface area contributed by atoms with E-state index in [9.17, 15) is 0 Å². The Morgan fingerprint density at radius 3 is 2.17 bits per heavy atom. The van der Waals surface area contributed by atoms with Crippen LogP contribution < -0.4 is 0 Å². The molecule has 8 aromatic rings. The van der Waals surface area contributed by atoms with E-state index >= 15 is 0 Å². The molecule has 1 aliphatic rings. The third-order valence-electron chi connectivity index (χ3n) is 9.33. The summed E-state index contributed by atoms with van der Waals surface area (Å²) in [6, 6.07) is 53.2. The number of hydrogen-bond donors (Lipinski definition) is 0. The summed E-state index contributed by atoms with van der Waals surface area (Å²) in [5, 5.41) is 2.56. The first-order valence-electron chi connectivity index (χ1n) is 16.0. The van der Waals surface area contributed by atoms with Gasteiger partial charge < -0.3 is 14.5 Å². The third-order valence-corrected chi connectivity index (χ3v) is 9.33.